The maximum absolute atomic E-state index is 13.3. The second-order valence-corrected chi connectivity index (χ2v) is 8.89. The van der Waals surface area contributed by atoms with Gasteiger partial charge in [-0.15, -0.1) is 0 Å². The molecule has 3 rings (SSSR count). The molecule has 2 atom stereocenters. The van der Waals surface area contributed by atoms with Gasteiger partial charge < -0.3 is 10.4 Å². The third-order valence-electron chi connectivity index (χ3n) is 4.77. The van der Waals surface area contributed by atoms with Crippen LogP contribution in [0.4, 0.5) is 4.39 Å². The van der Waals surface area contributed by atoms with Crippen LogP contribution in [0.25, 0.3) is 0 Å². The number of halogens is 1. The van der Waals surface area contributed by atoms with Crippen LogP contribution >= 0.6 is 0 Å². The lowest BCUT2D eigenvalue weighted by atomic mass is 9.95. The van der Waals surface area contributed by atoms with E-state index in [-0.39, 0.29) is 4.90 Å². The first-order valence-corrected chi connectivity index (χ1v) is 9.82. The molecule has 4 nitrogen and oxygen atoms in total. The maximum Gasteiger partial charge on any atom is 0.189 e. The predicted molar refractivity (Wildman–Crippen MR) is 94.6 cm³/mol. The van der Waals surface area contributed by atoms with Crippen molar-refractivity contribution in [1.82, 2.24) is 5.32 Å². The van der Waals surface area contributed by atoms with E-state index in [1.807, 2.05) is 24.3 Å². The zero-order valence-corrected chi connectivity index (χ0v) is 14.9. The summed E-state index contributed by atoms with van der Waals surface area (Å²) in [6, 6.07) is 12.4. The van der Waals surface area contributed by atoms with Crippen molar-refractivity contribution in [2.24, 2.45) is 0 Å². The number of rotatable bonds is 5. The average molecular weight is 363 g/mol. The number of benzene rings is 2. The molecule has 1 saturated heterocycles. The number of hydrogen-bond acceptors (Lipinski definition) is 4. The second-order valence-electron chi connectivity index (χ2n) is 6.63. The SMILES string of the molecule is CC(O)Cc1ccc(C2(S(=O)(=O)c3ccc(F)cc3)CCNC2)cc1. The van der Waals surface area contributed by atoms with Crippen LogP contribution in [0.5, 0.6) is 0 Å². The second kappa shape index (κ2) is 6.86. The van der Waals surface area contributed by atoms with Crippen LogP contribution in [0, 0.1) is 5.82 Å². The van der Waals surface area contributed by atoms with Gasteiger partial charge in [0.05, 0.1) is 11.0 Å². The van der Waals surface area contributed by atoms with E-state index in [0.29, 0.717) is 25.9 Å². The molecule has 0 spiro atoms. The summed E-state index contributed by atoms with van der Waals surface area (Å²) in [5, 5.41) is 12.7. The van der Waals surface area contributed by atoms with E-state index in [1.165, 1.54) is 24.3 Å². The lowest BCUT2D eigenvalue weighted by molar-refractivity contribution is 0.195. The highest BCUT2D eigenvalue weighted by molar-refractivity contribution is 7.92. The van der Waals surface area contributed by atoms with Crippen molar-refractivity contribution >= 4 is 9.84 Å². The molecule has 1 heterocycles. The van der Waals surface area contributed by atoms with Crippen molar-refractivity contribution in [3.05, 3.63) is 65.5 Å². The van der Waals surface area contributed by atoms with Crippen molar-refractivity contribution in [2.75, 3.05) is 13.1 Å². The van der Waals surface area contributed by atoms with E-state index < -0.39 is 26.5 Å². The van der Waals surface area contributed by atoms with Gasteiger partial charge in [-0.1, -0.05) is 24.3 Å². The number of sulfone groups is 1. The molecule has 0 radical (unpaired) electrons. The van der Waals surface area contributed by atoms with Crippen LogP contribution in [0.1, 0.15) is 24.5 Å². The Labute approximate surface area is 147 Å². The van der Waals surface area contributed by atoms with Crippen LogP contribution in [0.2, 0.25) is 0 Å². The maximum atomic E-state index is 13.3. The van der Waals surface area contributed by atoms with Gasteiger partial charge in [0.1, 0.15) is 10.6 Å². The molecule has 0 bridgehead atoms. The number of aliphatic hydroxyl groups excluding tert-OH is 1. The van der Waals surface area contributed by atoms with Gasteiger partial charge in [-0.05, 0) is 61.7 Å². The quantitative estimate of drug-likeness (QED) is 0.801. The molecule has 2 N–H and O–H groups in total. The highest BCUT2D eigenvalue weighted by atomic mass is 32.2. The molecule has 6 heteroatoms. The summed E-state index contributed by atoms with van der Waals surface area (Å²) in [6.45, 7) is 2.65. The van der Waals surface area contributed by atoms with Crippen LogP contribution in [-0.2, 0) is 21.0 Å². The van der Waals surface area contributed by atoms with E-state index in [1.54, 1.807) is 6.92 Å². The minimum absolute atomic E-state index is 0.130. The zero-order valence-electron chi connectivity index (χ0n) is 14.1. The number of nitrogens with one attached hydrogen (secondary N) is 1. The van der Waals surface area contributed by atoms with E-state index in [0.717, 1.165) is 11.1 Å². The molecule has 1 aliphatic heterocycles. The first kappa shape index (κ1) is 18.0. The number of aliphatic hydroxyl groups is 1. The first-order chi connectivity index (χ1) is 11.8. The fourth-order valence-corrected chi connectivity index (χ4v) is 5.48. The summed E-state index contributed by atoms with van der Waals surface area (Å²) < 4.78 is 38.8. The highest BCUT2D eigenvalue weighted by Gasteiger charge is 2.48. The van der Waals surface area contributed by atoms with Gasteiger partial charge in [-0.2, -0.15) is 0 Å². The molecule has 2 aromatic rings. The molecule has 2 unspecified atom stereocenters. The van der Waals surface area contributed by atoms with Crippen LogP contribution in [0.3, 0.4) is 0 Å². The summed E-state index contributed by atoms with van der Waals surface area (Å²) in [5.41, 5.74) is 1.68. The van der Waals surface area contributed by atoms with Crippen LogP contribution < -0.4 is 5.32 Å². The summed E-state index contributed by atoms with van der Waals surface area (Å²) in [4.78, 5) is 0.130. The largest absolute Gasteiger partial charge is 0.393 e. The smallest absolute Gasteiger partial charge is 0.189 e. The van der Waals surface area contributed by atoms with Crippen molar-refractivity contribution in [2.45, 2.75) is 35.5 Å². The Balaban J connectivity index is 2.03. The van der Waals surface area contributed by atoms with Gasteiger partial charge in [-0.3, -0.25) is 0 Å². The normalized spacial score (nSPS) is 22.0. The van der Waals surface area contributed by atoms with Gasteiger partial charge >= 0.3 is 0 Å². The standard InChI is InChI=1S/C19H22FNO3S/c1-14(22)12-15-2-4-16(5-3-15)19(10-11-21-13-19)25(23,24)18-8-6-17(20)7-9-18/h2-9,14,21-22H,10-13H2,1H3. The molecule has 0 saturated carbocycles. The van der Waals surface area contributed by atoms with Gasteiger partial charge in [0.15, 0.2) is 9.84 Å². The first-order valence-electron chi connectivity index (χ1n) is 8.33. The van der Waals surface area contributed by atoms with Crippen LogP contribution in [-0.4, -0.2) is 32.7 Å². The zero-order chi connectivity index (χ0) is 18.1. The third kappa shape index (κ3) is 3.34. The molecule has 1 aliphatic rings. The summed E-state index contributed by atoms with van der Waals surface area (Å²) in [5.74, 6) is -0.458. The monoisotopic (exact) mass is 363 g/mol. The van der Waals surface area contributed by atoms with Gasteiger partial charge in [0.25, 0.3) is 0 Å². The Bertz CT molecular complexity index is 824. The predicted octanol–water partition coefficient (Wildman–Crippen LogP) is 2.41. The molecular weight excluding hydrogens is 341 g/mol. The third-order valence-corrected chi connectivity index (χ3v) is 7.27. The summed E-state index contributed by atoms with van der Waals surface area (Å²) in [6.07, 6.45) is 0.537. The Morgan fingerprint density at radius 3 is 2.32 bits per heavy atom. The molecule has 25 heavy (non-hydrogen) atoms. The van der Waals surface area contributed by atoms with E-state index in [2.05, 4.69) is 5.32 Å². The summed E-state index contributed by atoms with van der Waals surface area (Å²) in [7, 11) is -3.68. The Hall–Kier alpha value is -1.76. The van der Waals surface area contributed by atoms with Crippen molar-refractivity contribution in [3.63, 3.8) is 0 Å². The minimum Gasteiger partial charge on any atom is -0.393 e. The van der Waals surface area contributed by atoms with Gasteiger partial charge in [0.2, 0.25) is 0 Å². The van der Waals surface area contributed by atoms with Gasteiger partial charge in [-0.25, -0.2) is 12.8 Å². The van der Waals surface area contributed by atoms with Crippen molar-refractivity contribution < 1.29 is 17.9 Å². The average Bonchev–Trinajstić information content (AvgIpc) is 3.07. The fraction of sp³-hybridized carbons (Fsp3) is 0.368. The molecule has 2 aromatic carbocycles. The van der Waals surface area contributed by atoms with E-state index in [9.17, 15) is 17.9 Å². The Morgan fingerprint density at radius 2 is 1.80 bits per heavy atom. The molecule has 0 amide bonds. The summed E-state index contributed by atoms with van der Waals surface area (Å²) >= 11 is 0. The van der Waals surface area contributed by atoms with E-state index in [4.69, 9.17) is 0 Å². The minimum atomic E-state index is -3.68. The Morgan fingerprint density at radius 1 is 1.16 bits per heavy atom. The van der Waals surface area contributed by atoms with E-state index >= 15 is 0 Å². The molecule has 1 fully saturated rings. The molecule has 0 aromatic heterocycles. The lowest BCUT2D eigenvalue weighted by Crippen LogP contribution is -2.38. The van der Waals surface area contributed by atoms with Gasteiger partial charge in [0, 0.05) is 6.54 Å². The van der Waals surface area contributed by atoms with Crippen molar-refractivity contribution in [3.8, 4) is 0 Å². The van der Waals surface area contributed by atoms with Crippen LogP contribution in [0.15, 0.2) is 53.4 Å². The number of hydrogen-bond donors (Lipinski definition) is 2. The topological polar surface area (TPSA) is 66.4 Å². The fourth-order valence-electron chi connectivity index (χ4n) is 3.42. The molecular formula is C19H22FNO3S. The van der Waals surface area contributed by atoms with Crippen molar-refractivity contribution in [1.29, 1.82) is 0 Å². The Kier molecular flexibility index (Phi) is 4.95. The lowest BCUT2D eigenvalue weighted by Gasteiger charge is -2.29. The highest BCUT2D eigenvalue weighted by Crippen LogP contribution is 2.40. The molecule has 0 aliphatic carbocycles. The molecule has 134 valence electrons.